The topological polar surface area (TPSA) is 29.1 Å². The standard InChI is InChI=1S/C18H27NOS/c1-18(2)10-9-16(19-3)17(12-18)21(20)15-8-7-13-5-4-6-14(13)11-15/h7-8,11,16-17,19H,4-6,9-10,12H2,1-3H3. The quantitative estimate of drug-likeness (QED) is 0.927. The summed E-state index contributed by atoms with van der Waals surface area (Å²) in [5.74, 6) is 0. The Morgan fingerprint density at radius 3 is 2.76 bits per heavy atom. The highest BCUT2D eigenvalue weighted by molar-refractivity contribution is 7.85. The van der Waals surface area contributed by atoms with E-state index in [0.717, 1.165) is 24.2 Å². The minimum absolute atomic E-state index is 0.234. The molecule has 1 saturated carbocycles. The lowest BCUT2D eigenvalue weighted by Gasteiger charge is -2.40. The van der Waals surface area contributed by atoms with Gasteiger partial charge in [0.1, 0.15) is 0 Å². The predicted octanol–water partition coefficient (Wildman–Crippen LogP) is 3.45. The molecule has 0 amide bonds. The minimum Gasteiger partial charge on any atom is -0.316 e. The summed E-state index contributed by atoms with van der Waals surface area (Å²) in [5.41, 5.74) is 3.20. The van der Waals surface area contributed by atoms with Gasteiger partial charge in [0.05, 0.1) is 16.0 Å². The molecule has 2 aliphatic carbocycles. The van der Waals surface area contributed by atoms with Crippen LogP contribution >= 0.6 is 0 Å². The van der Waals surface area contributed by atoms with Crippen LogP contribution in [0.5, 0.6) is 0 Å². The molecule has 0 bridgehead atoms. The molecule has 3 rings (SSSR count). The van der Waals surface area contributed by atoms with E-state index in [0.29, 0.717) is 11.5 Å². The summed E-state index contributed by atoms with van der Waals surface area (Å²) < 4.78 is 13.1. The van der Waals surface area contributed by atoms with Crippen LogP contribution in [0.15, 0.2) is 23.1 Å². The van der Waals surface area contributed by atoms with Gasteiger partial charge in [-0.25, -0.2) is 0 Å². The van der Waals surface area contributed by atoms with Crippen LogP contribution in [0.3, 0.4) is 0 Å². The molecule has 1 aromatic carbocycles. The second kappa shape index (κ2) is 5.85. The maximum Gasteiger partial charge on any atom is 0.0576 e. The minimum atomic E-state index is -0.901. The fourth-order valence-electron chi connectivity index (χ4n) is 3.92. The normalized spacial score (nSPS) is 29.1. The number of fused-ring (bicyclic) bond motifs is 1. The van der Waals surface area contributed by atoms with Crippen molar-refractivity contribution < 1.29 is 4.21 Å². The third kappa shape index (κ3) is 3.09. The fourth-order valence-corrected chi connectivity index (χ4v) is 5.91. The number of rotatable bonds is 3. The molecule has 0 aromatic heterocycles. The number of hydrogen-bond donors (Lipinski definition) is 1. The van der Waals surface area contributed by atoms with Crippen LogP contribution in [0, 0.1) is 5.41 Å². The molecule has 3 unspecified atom stereocenters. The average Bonchev–Trinajstić information content (AvgIpc) is 2.93. The fraction of sp³-hybridized carbons (Fsp3) is 0.667. The molecule has 3 atom stereocenters. The Morgan fingerprint density at radius 1 is 1.24 bits per heavy atom. The highest BCUT2D eigenvalue weighted by Gasteiger charge is 2.38. The molecule has 2 nitrogen and oxygen atoms in total. The van der Waals surface area contributed by atoms with Crippen molar-refractivity contribution in [1.82, 2.24) is 5.32 Å². The molecule has 0 radical (unpaired) electrons. The molecule has 0 saturated heterocycles. The maximum atomic E-state index is 13.1. The average molecular weight is 305 g/mol. The first-order valence-electron chi connectivity index (χ1n) is 8.20. The Bertz CT molecular complexity index is 552. The van der Waals surface area contributed by atoms with Gasteiger partial charge in [-0.05, 0) is 74.2 Å². The van der Waals surface area contributed by atoms with Gasteiger partial charge in [-0.1, -0.05) is 19.9 Å². The van der Waals surface area contributed by atoms with Gasteiger partial charge < -0.3 is 5.32 Å². The second-order valence-electron chi connectivity index (χ2n) is 7.42. The van der Waals surface area contributed by atoms with Crippen molar-refractivity contribution in [3.8, 4) is 0 Å². The zero-order valence-electron chi connectivity index (χ0n) is 13.4. The van der Waals surface area contributed by atoms with Crippen molar-refractivity contribution in [1.29, 1.82) is 0 Å². The second-order valence-corrected chi connectivity index (χ2v) is 9.09. The van der Waals surface area contributed by atoms with Gasteiger partial charge >= 0.3 is 0 Å². The third-order valence-electron chi connectivity index (χ3n) is 5.28. The van der Waals surface area contributed by atoms with Crippen LogP contribution < -0.4 is 5.32 Å². The molecular weight excluding hydrogens is 278 g/mol. The molecule has 1 fully saturated rings. The molecule has 0 spiro atoms. The molecule has 2 aliphatic rings. The third-order valence-corrected chi connectivity index (χ3v) is 7.05. The lowest BCUT2D eigenvalue weighted by atomic mass is 9.75. The number of benzene rings is 1. The summed E-state index contributed by atoms with van der Waals surface area (Å²) in [5, 5.41) is 3.64. The van der Waals surface area contributed by atoms with E-state index < -0.39 is 10.8 Å². The molecule has 21 heavy (non-hydrogen) atoms. The zero-order valence-corrected chi connectivity index (χ0v) is 14.3. The summed E-state index contributed by atoms with van der Waals surface area (Å²) in [4.78, 5) is 1.04. The van der Waals surface area contributed by atoms with Crippen molar-refractivity contribution in [2.24, 2.45) is 5.41 Å². The number of nitrogens with one attached hydrogen (secondary N) is 1. The number of aryl methyl sites for hydroxylation is 2. The van der Waals surface area contributed by atoms with E-state index >= 15 is 0 Å². The highest BCUT2D eigenvalue weighted by Crippen LogP contribution is 2.39. The lowest BCUT2D eigenvalue weighted by Crippen LogP contribution is -2.47. The Balaban J connectivity index is 1.85. The Kier molecular flexibility index (Phi) is 4.24. The molecule has 0 aliphatic heterocycles. The largest absolute Gasteiger partial charge is 0.316 e. The number of hydrogen-bond acceptors (Lipinski definition) is 2. The molecule has 1 N–H and O–H groups in total. The van der Waals surface area contributed by atoms with Crippen LogP contribution in [0.2, 0.25) is 0 Å². The lowest BCUT2D eigenvalue weighted by molar-refractivity contribution is 0.216. The van der Waals surface area contributed by atoms with E-state index in [9.17, 15) is 4.21 Å². The van der Waals surface area contributed by atoms with Crippen LogP contribution in [0.1, 0.15) is 50.7 Å². The van der Waals surface area contributed by atoms with Crippen LogP contribution in [-0.4, -0.2) is 22.5 Å². The van der Waals surface area contributed by atoms with Crippen LogP contribution in [-0.2, 0) is 23.6 Å². The van der Waals surface area contributed by atoms with Crippen molar-refractivity contribution in [2.75, 3.05) is 7.05 Å². The van der Waals surface area contributed by atoms with Crippen LogP contribution in [0.25, 0.3) is 0 Å². The summed E-state index contributed by atoms with van der Waals surface area (Å²) in [7, 11) is 1.11. The van der Waals surface area contributed by atoms with Crippen molar-refractivity contribution in [3.05, 3.63) is 29.3 Å². The molecule has 116 valence electrons. The highest BCUT2D eigenvalue weighted by atomic mass is 32.2. The van der Waals surface area contributed by atoms with Gasteiger partial charge in [0.25, 0.3) is 0 Å². The molecular formula is C18H27NOS. The van der Waals surface area contributed by atoms with E-state index in [1.807, 2.05) is 7.05 Å². The summed E-state index contributed by atoms with van der Waals surface area (Å²) >= 11 is 0. The SMILES string of the molecule is CNC1CCC(C)(C)CC1S(=O)c1ccc2c(c1)CCC2. The van der Waals surface area contributed by atoms with E-state index in [-0.39, 0.29) is 5.25 Å². The van der Waals surface area contributed by atoms with Crippen molar-refractivity contribution in [2.45, 2.75) is 68.6 Å². The van der Waals surface area contributed by atoms with E-state index in [2.05, 4.69) is 37.4 Å². The summed E-state index contributed by atoms with van der Waals surface area (Å²) in [6, 6.07) is 6.91. The van der Waals surface area contributed by atoms with E-state index in [1.54, 1.807) is 0 Å². The molecule has 3 heteroatoms. The first-order chi connectivity index (χ1) is 10.00. The van der Waals surface area contributed by atoms with Gasteiger partial charge in [-0.15, -0.1) is 0 Å². The molecule has 0 heterocycles. The van der Waals surface area contributed by atoms with E-state index in [1.165, 1.54) is 30.4 Å². The van der Waals surface area contributed by atoms with Crippen LogP contribution in [0.4, 0.5) is 0 Å². The Labute approximate surface area is 131 Å². The molecule has 1 aromatic rings. The first kappa shape index (κ1) is 15.2. The van der Waals surface area contributed by atoms with Gasteiger partial charge in [0.15, 0.2) is 0 Å². The zero-order chi connectivity index (χ0) is 15.0. The monoisotopic (exact) mass is 305 g/mol. The van der Waals surface area contributed by atoms with Crippen molar-refractivity contribution in [3.63, 3.8) is 0 Å². The van der Waals surface area contributed by atoms with Crippen molar-refractivity contribution >= 4 is 10.8 Å². The maximum absolute atomic E-state index is 13.1. The first-order valence-corrected chi connectivity index (χ1v) is 9.41. The summed E-state index contributed by atoms with van der Waals surface area (Å²) in [6.45, 7) is 4.62. The Hall–Kier alpha value is -0.670. The van der Waals surface area contributed by atoms with Gasteiger partial charge in [0.2, 0.25) is 0 Å². The Morgan fingerprint density at radius 2 is 2.00 bits per heavy atom. The van der Waals surface area contributed by atoms with Gasteiger partial charge in [0, 0.05) is 10.9 Å². The smallest absolute Gasteiger partial charge is 0.0576 e. The van der Waals surface area contributed by atoms with Gasteiger partial charge in [-0.3, -0.25) is 4.21 Å². The van der Waals surface area contributed by atoms with Gasteiger partial charge in [-0.2, -0.15) is 0 Å². The summed E-state index contributed by atoms with van der Waals surface area (Å²) in [6.07, 6.45) is 6.99. The van der Waals surface area contributed by atoms with E-state index in [4.69, 9.17) is 0 Å². The predicted molar refractivity (Wildman–Crippen MR) is 89.1 cm³/mol.